The Morgan fingerprint density at radius 1 is 0.133 bits per heavy atom. The minimum atomic E-state index is 0. The Morgan fingerprint density at radius 3 is 0.133 bits per heavy atom. The van der Waals surface area contributed by atoms with Crippen molar-refractivity contribution in [2.24, 2.45) is 0 Å². The summed E-state index contributed by atoms with van der Waals surface area (Å²) in [6.07, 6.45) is 0. The van der Waals surface area contributed by atoms with Crippen LogP contribution in [0.25, 0.3) is 0 Å². The van der Waals surface area contributed by atoms with E-state index < -0.39 is 0 Å². The van der Waals surface area contributed by atoms with Crippen molar-refractivity contribution >= 4 is 485 Å². The summed E-state index contributed by atoms with van der Waals surface area (Å²) in [5.41, 5.74) is 0. The zero-order valence-corrected chi connectivity index (χ0v) is 33.5. The van der Waals surface area contributed by atoms with Gasteiger partial charge in [0.05, 0.1) is 0 Å². The van der Waals surface area contributed by atoms with E-state index in [-0.39, 0.29) is 485 Å². The molecule has 0 aromatic carbocycles. The summed E-state index contributed by atoms with van der Waals surface area (Å²) in [6, 6.07) is 0. The molecular weight excluding hydrogens is 890 g/mol. The first-order valence-electron chi connectivity index (χ1n) is 0. The Kier molecular flexibility index (Phi) is 732. The molecular formula is H21Al7Sr8. The van der Waals surface area contributed by atoms with Gasteiger partial charge in [-0.1, -0.05) is 0 Å². The normalized spacial score (nSPS) is 0. The molecule has 0 aromatic rings. The Labute approximate surface area is 467 Å². The average molecular weight is 911 g/mol. The summed E-state index contributed by atoms with van der Waals surface area (Å²) < 4.78 is 0. The van der Waals surface area contributed by atoms with E-state index in [1.165, 1.54) is 0 Å². The van der Waals surface area contributed by atoms with E-state index in [9.17, 15) is 0 Å². The second-order valence-electron chi connectivity index (χ2n) is 0. The summed E-state index contributed by atoms with van der Waals surface area (Å²) in [6.45, 7) is 0. The molecule has 0 fully saturated rings. The van der Waals surface area contributed by atoms with Gasteiger partial charge < -0.3 is 0 Å². The Bertz CT molecular complexity index is 15.0. The molecule has 0 spiro atoms. The summed E-state index contributed by atoms with van der Waals surface area (Å²) in [7, 11) is 0. The van der Waals surface area contributed by atoms with Crippen molar-refractivity contribution < 1.29 is 0 Å². The van der Waals surface area contributed by atoms with Crippen molar-refractivity contribution in [3.63, 3.8) is 0 Å². The van der Waals surface area contributed by atoms with Crippen molar-refractivity contribution in [2.75, 3.05) is 0 Å². The summed E-state index contributed by atoms with van der Waals surface area (Å²) >= 11 is 0. The molecule has 0 rings (SSSR count). The topological polar surface area (TPSA) is 0 Å². The Hall–Kier alpha value is 15.6. The van der Waals surface area contributed by atoms with Gasteiger partial charge in [0, 0.05) is 364 Å². The van der Waals surface area contributed by atoms with Crippen molar-refractivity contribution in [2.45, 2.75) is 0 Å². The molecule has 0 aromatic heterocycles. The van der Waals surface area contributed by atoms with Gasteiger partial charge in [-0.05, 0) is 0 Å². The van der Waals surface area contributed by atoms with Gasteiger partial charge in [0.15, 0.2) is 122 Å². The molecule has 15 heteroatoms. The third-order valence-electron chi connectivity index (χ3n) is 0. The molecule has 0 N–H and O–H groups in total. The zero-order valence-electron chi connectivity index (χ0n) is 5.66. The molecule has 0 heterocycles. The molecule has 0 nitrogen and oxygen atoms in total. The molecule has 15 heavy (non-hydrogen) atoms. The Balaban J connectivity index is 0. The number of rotatable bonds is 0. The SMILES string of the molecule is [AlH3].[AlH3].[AlH3].[AlH3].[AlH3].[AlH3].[AlH3].[Sr].[Sr].[Sr].[Sr].[Sr].[Sr].[Sr].[Sr]. The van der Waals surface area contributed by atoms with Crippen molar-refractivity contribution in [1.82, 2.24) is 0 Å². The quantitative estimate of drug-likeness (QED) is 0.213. The molecule has 0 aliphatic carbocycles. The fourth-order valence-electron chi connectivity index (χ4n) is 0. The summed E-state index contributed by atoms with van der Waals surface area (Å²) in [5.74, 6) is 0. The Morgan fingerprint density at radius 2 is 0.133 bits per heavy atom. The second kappa shape index (κ2) is 99.6. The smallest absolute Gasteiger partial charge is 0 e. The predicted octanol–water partition coefficient (Wildman–Crippen LogP) is -11.3. The molecule has 0 aliphatic rings. The molecule has 0 saturated heterocycles. The fraction of sp³-hybridized carbons (Fsp3) is 0. The average Bonchev–Trinajstić information content (AvgIpc) is 0. The van der Waals surface area contributed by atoms with Gasteiger partial charge in [-0.15, -0.1) is 0 Å². The maximum Gasteiger partial charge on any atom is 0.187 e. The van der Waals surface area contributed by atoms with Crippen LogP contribution in [-0.4, -0.2) is 485 Å². The van der Waals surface area contributed by atoms with Gasteiger partial charge in [-0.3, -0.25) is 0 Å². The van der Waals surface area contributed by atoms with E-state index in [0.717, 1.165) is 0 Å². The maximum atomic E-state index is 0. The first-order valence-corrected chi connectivity index (χ1v) is 0. The van der Waals surface area contributed by atoms with Crippen LogP contribution in [0, 0.1) is 0 Å². The molecule has 58 valence electrons. The van der Waals surface area contributed by atoms with Gasteiger partial charge in [0.1, 0.15) is 0 Å². The summed E-state index contributed by atoms with van der Waals surface area (Å²) in [5, 5.41) is 0. The van der Waals surface area contributed by atoms with E-state index in [1.807, 2.05) is 0 Å². The van der Waals surface area contributed by atoms with Crippen LogP contribution in [0.2, 0.25) is 0 Å². The van der Waals surface area contributed by atoms with Gasteiger partial charge in [0.2, 0.25) is 0 Å². The minimum absolute atomic E-state index is 0. The van der Waals surface area contributed by atoms with Crippen LogP contribution in [0.1, 0.15) is 0 Å². The molecule has 0 bridgehead atoms. The third-order valence-corrected chi connectivity index (χ3v) is 0. The van der Waals surface area contributed by atoms with Gasteiger partial charge in [0.25, 0.3) is 0 Å². The van der Waals surface area contributed by atoms with Crippen molar-refractivity contribution in [3.8, 4) is 0 Å². The van der Waals surface area contributed by atoms with Crippen LogP contribution >= 0.6 is 0 Å². The zero-order chi connectivity index (χ0) is 0. The molecule has 0 amide bonds. The van der Waals surface area contributed by atoms with E-state index >= 15 is 0 Å². The van der Waals surface area contributed by atoms with Crippen LogP contribution in [0.15, 0.2) is 0 Å². The molecule has 16 radical (unpaired) electrons. The molecule has 0 atom stereocenters. The largest absolute Gasteiger partial charge is 0.187 e. The van der Waals surface area contributed by atoms with E-state index in [2.05, 4.69) is 0 Å². The number of hydrogen-bond acceptors (Lipinski definition) is 0. The molecule has 0 unspecified atom stereocenters. The minimum Gasteiger partial charge on any atom is 0 e. The fourth-order valence-corrected chi connectivity index (χ4v) is 0. The van der Waals surface area contributed by atoms with Gasteiger partial charge in [-0.25, -0.2) is 0 Å². The second-order valence-corrected chi connectivity index (χ2v) is 0. The number of hydrogen-bond donors (Lipinski definition) is 0. The monoisotopic (exact) mass is 913 g/mol. The predicted molar refractivity (Wildman–Crippen MR) is 116 cm³/mol. The van der Waals surface area contributed by atoms with Crippen LogP contribution in [0.3, 0.4) is 0 Å². The van der Waals surface area contributed by atoms with Crippen molar-refractivity contribution in [1.29, 1.82) is 0 Å². The van der Waals surface area contributed by atoms with E-state index in [0.29, 0.717) is 0 Å². The van der Waals surface area contributed by atoms with Crippen LogP contribution in [0.4, 0.5) is 0 Å². The van der Waals surface area contributed by atoms with Crippen LogP contribution in [0.5, 0.6) is 0 Å². The van der Waals surface area contributed by atoms with Crippen LogP contribution in [-0.2, 0) is 0 Å². The van der Waals surface area contributed by atoms with Gasteiger partial charge in [-0.2, -0.15) is 0 Å². The van der Waals surface area contributed by atoms with Crippen molar-refractivity contribution in [3.05, 3.63) is 0 Å². The third kappa shape index (κ3) is 92.7. The first kappa shape index (κ1) is 110. The maximum absolute atomic E-state index is 0. The van der Waals surface area contributed by atoms with E-state index in [1.54, 1.807) is 0 Å². The summed E-state index contributed by atoms with van der Waals surface area (Å²) in [4.78, 5) is 0. The first-order chi connectivity index (χ1) is 0. The van der Waals surface area contributed by atoms with Crippen LogP contribution < -0.4 is 0 Å². The van der Waals surface area contributed by atoms with Gasteiger partial charge >= 0.3 is 0 Å². The standard InChI is InChI=1S/7Al.8Sr.21H. The molecule has 0 saturated carbocycles. The van der Waals surface area contributed by atoms with E-state index in [4.69, 9.17) is 0 Å². The molecule has 0 aliphatic heterocycles.